The van der Waals surface area contributed by atoms with Crippen molar-refractivity contribution in [3.05, 3.63) is 0 Å². The molecule has 0 rings (SSSR count). The molecule has 0 atom stereocenters. The Balaban J connectivity index is 3.81. The zero-order chi connectivity index (χ0) is 16.0. The van der Waals surface area contributed by atoms with E-state index in [2.05, 4.69) is 19.2 Å². The van der Waals surface area contributed by atoms with Crippen molar-refractivity contribution in [2.75, 3.05) is 32.9 Å². The summed E-state index contributed by atoms with van der Waals surface area (Å²) in [7, 11) is -2.43. The van der Waals surface area contributed by atoms with E-state index in [-0.39, 0.29) is 0 Å². The lowest BCUT2D eigenvalue weighted by Gasteiger charge is -2.28. The molecule has 21 heavy (non-hydrogen) atoms. The van der Waals surface area contributed by atoms with Crippen LogP contribution < -0.4 is 5.32 Å². The summed E-state index contributed by atoms with van der Waals surface area (Å²) in [6.45, 7) is 14.7. The van der Waals surface area contributed by atoms with Gasteiger partial charge in [0.1, 0.15) is 0 Å². The van der Waals surface area contributed by atoms with Crippen LogP contribution in [0.1, 0.15) is 60.3 Å². The minimum atomic E-state index is -2.43. The van der Waals surface area contributed by atoms with E-state index in [0.717, 1.165) is 31.5 Å². The van der Waals surface area contributed by atoms with Gasteiger partial charge >= 0.3 is 8.80 Å². The summed E-state index contributed by atoms with van der Waals surface area (Å²) in [5.74, 6) is 0.820. The second-order valence-electron chi connectivity index (χ2n) is 5.73. The molecule has 0 saturated heterocycles. The van der Waals surface area contributed by atoms with Crippen LogP contribution in [-0.4, -0.2) is 41.7 Å². The summed E-state index contributed by atoms with van der Waals surface area (Å²) in [5.41, 5.74) is 0. The molecule has 4 nitrogen and oxygen atoms in total. The minimum Gasteiger partial charge on any atom is -0.374 e. The van der Waals surface area contributed by atoms with E-state index in [9.17, 15) is 0 Å². The van der Waals surface area contributed by atoms with Crippen LogP contribution in [0.2, 0.25) is 6.04 Å². The first kappa shape index (κ1) is 21.1. The molecule has 0 spiro atoms. The summed E-state index contributed by atoms with van der Waals surface area (Å²) in [5, 5.41) is 3.51. The highest BCUT2D eigenvalue weighted by Gasteiger charge is 2.39. The van der Waals surface area contributed by atoms with Crippen molar-refractivity contribution < 1.29 is 13.3 Å². The predicted octanol–water partition coefficient (Wildman–Crippen LogP) is 3.84. The summed E-state index contributed by atoms with van der Waals surface area (Å²) in [6, 6.07) is 0.904. The smallest absolute Gasteiger partial charge is 0.374 e. The first-order chi connectivity index (χ1) is 10.1. The van der Waals surface area contributed by atoms with E-state index in [4.69, 9.17) is 13.3 Å². The Bertz CT molecular complexity index is 211. The number of hydrogen-bond donors (Lipinski definition) is 1. The van der Waals surface area contributed by atoms with Crippen LogP contribution in [-0.2, 0) is 13.3 Å². The third-order valence-corrected chi connectivity index (χ3v) is 6.47. The molecule has 0 aliphatic rings. The van der Waals surface area contributed by atoms with Crippen LogP contribution in [0.25, 0.3) is 0 Å². The van der Waals surface area contributed by atoms with Gasteiger partial charge in [0, 0.05) is 25.9 Å². The maximum absolute atomic E-state index is 5.85. The molecule has 0 aliphatic heterocycles. The molecular formula is C16H37NO3Si. The van der Waals surface area contributed by atoms with Crippen LogP contribution in [0.3, 0.4) is 0 Å². The molecule has 0 aromatic carbocycles. The van der Waals surface area contributed by atoms with E-state index in [1.54, 1.807) is 0 Å². The molecule has 5 heteroatoms. The number of nitrogens with one attached hydrogen (secondary N) is 1. The molecule has 0 bridgehead atoms. The van der Waals surface area contributed by atoms with E-state index >= 15 is 0 Å². The molecular weight excluding hydrogens is 282 g/mol. The molecule has 0 radical (unpaired) electrons. The van der Waals surface area contributed by atoms with Gasteiger partial charge in [-0.15, -0.1) is 0 Å². The first-order valence-electron chi connectivity index (χ1n) is 8.72. The molecule has 1 N–H and O–H groups in total. The SMILES string of the molecule is CCO[Si](CCCNCCCCC(C)C)(OCC)OCC. The summed E-state index contributed by atoms with van der Waals surface area (Å²) < 4.78 is 17.5. The fourth-order valence-corrected chi connectivity index (χ4v) is 4.97. The van der Waals surface area contributed by atoms with Gasteiger partial charge in [-0.05, 0) is 52.6 Å². The fraction of sp³-hybridized carbons (Fsp3) is 1.00. The lowest BCUT2D eigenvalue weighted by molar-refractivity contribution is 0.0708. The Hall–Kier alpha value is 0.0569. The molecule has 0 amide bonds. The largest absolute Gasteiger partial charge is 0.500 e. The minimum absolute atomic E-state index is 0.662. The normalized spacial score (nSPS) is 12.3. The Kier molecular flexibility index (Phi) is 13.7. The zero-order valence-corrected chi connectivity index (χ0v) is 15.9. The maximum Gasteiger partial charge on any atom is 0.500 e. The molecule has 0 unspecified atom stereocenters. The van der Waals surface area contributed by atoms with Crippen molar-refractivity contribution in [1.82, 2.24) is 5.32 Å². The average Bonchev–Trinajstić information content (AvgIpc) is 2.42. The fourth-order valence-electron chi connectivity index (χ4n) is 2.36. The highest BCUT2D eigenvalue weighted by atomic mass is 28.4. The Morgan fingerprint density at radius 2 is 1.33 bits per heavy atom. The molecule has 0 heterocycles. The summed E-state index contributed by atoms with van der Waals surface area (Å²) in [6.07, 6.45) is 4.97. The van der Waals surface area contributed by atoms with Gasteiger partial charge in [0.05, 0.1) is 0 Å². The van der Waals surface area contributed by atoms with E-state index in [1.807, 2.05) is 20.8 Å². The number of unbranched alkanes of at least 4 members (excludes halogenated alkanes) is 1. The molecule has 128 valence electrons. The van der Waals surface area contributed by atoms with Crippen molar-refractivity contribution in [2.24, 2.45) is 5.92 Å². The standard InChI is InChI=1S/C16H37NO3Si/c1-6-18-21(19-7-2,20-8-3)15-11-14-17-13-10-9-12-16(4)5/h16-17H,6-15H2,1-5H3. The molecule has 0 aromatic heterocycles. The average molecular weight is 320 g/mol. The summed E-state index contributed by atoms with van der Waals surface area (Å²) >= 11 is 0. The highest BCUT2D eigenvalue weighted by molar-refractivity contribution is 6.60. The number of rotatable bonds is 15. The van der Waals surface area contributed by atoms with Gasteiger partial charge in [-0.3, -0.25) is 0 Å². The number of hydrogen-bond acceptors (Lipinski definition) is 4. The van der Waals surface area contributed by atoms with Crippen LogP contribution in [0.5, 0.6) is 0 Å². The van der Waals surface area contributed by atoms with Crippen molar-refractivity contribution in [2.45, 2.75) is 66.3 Å². The second kappa shape index (κ2) is 13.7. The van der Waals surface area contributed by atoms with Crippen molar-refractivity contribution in [3.8, 4) is 0 Å². The monoisotopic (exact) mass is 319 g/mol. The summed E-state index contributed by atoms with van der Waals surface area (Å²) in [4.78, 5) is 0. The van der Waals surface area contributed by atoms with Gasteiger partial charge in [-0.2, -0.15) is 0 Å². The molecule has 0 aliphatic carbocycles. The molecule has 0 aromatic rings. The van der Waals surface area contributed by atoms with Crippen molar-refractivity contribution >= 4 is 8.80 Å². The first-order valence-corrected chi connectivity index (χ1v) is 10.7. The highest BCUT2D eigenvalue weighted by Crippen LogP contribution is 2.17. The Morgan fingerprint density at radius 1 is 0.810 bits per heavy atom. The van der Waals surface area contributed by atoms with Crippen LogP contribution in [0.15, 0.2) is 0 Å². The van der Waals surface area contributed by atoms with Crippen molar-refractivity contribution in [3.63, 3.8) is 0 Å². The van der Waals surface area contributed by atoms with Crippen LogP contribution in [0, 0.1) is 5.92 Å². The second-order valence-corrected chi connectivity index (χ2v) is 8.46. The third kappa shape index (κ3) is 11.3. The van der Waals surface area contributed by atoms with Gasteiger partial charge in [0.2, 0.25) is 0 Å². The lowest BCUT2D eigenvalue weighted by atomic mass is 10.1. The van der Waals surface area contributed by atoms with E-state index < -0.39 is 8.80 Å². The van der Waals surface area contributed by atoms with Crippen LogP contribution in [0.4, 0.5) is 0 Å². The Labute approximate surface area is 133 Å². The predicted molar refractivity (Wildman–Crippen MR) is 91.6 cm³/mol. The van der Waals surface area contributed by atoms with Crippen molar-refractivity contribution in [1.29, 1.82) is 0 Å². The van der Waals surface area contributed by atoms with Gasteiger partial charge in [-0.1, -0.05) is 26.7 Å². The van der Waals surface area contributed by atoms with Crippen LogP contribution >= 0.6 is 0 Å². The van der Waals surface area contributed by atoms with Gasteiger partial charge < -0.3 is 18.6 Å². The lowest BCUT2D eigenvalue weighted by Crippen LogP contribution is -2.46. The van der Waals surface area contributed by atoms with E-state index in [1.165, 1.54) is 19.3 Å². The third-order valence-electron chi connectivity index (χ3n) is 3.31. The maximum atomic E-state index is 5.85. The van der Waals surface area contributed by atoms with Gasteiger partial charge in [0.25, 0.3) is 0 Å². The zero-order valence-electron chi connectivity index (χ0n) is 14.9. The van der Waals surface area contributed by atoms with E-state index in [0.29, 0.717) is 19.8 Å². The Morgan fingerprint density at radius 3 is 1.81 bits per heavy atom. The molecule has 0 fully saturated rings. The molecule has 0 saturated carbocycles. The van der Waals surface area contributed by atoms with Gasteiger partial charge in [-0.25, -0.2) is 0 Å². The van der Waals surface area contributed by atoms with Gasteiger partial charge in [0.15, 0.2) is 0 Å². The topological polar surface area (TPSA) is 39.7 Å². The quantitative estimate of drug-likeness (QED) is 0.368.